The number of anilines is 1. The number of rotatable bonds is 4. The summed E-state index contributed by atoms with van der Waals surface area (Å²) < 4.78 is 26.3. The first kappa shape index (κ1) is 14.2. The summed E-state index contributed by atoms with van der Waals surface area (Å²) in [6.07, 6.45) is 0. The number of nitrogens with one attached hydrogen (secondary N) is 1. The van der Waals surface area contributed by atoms with Crippen LogP contribution >= 0.6 is 11.6 Å². The Morgan fingerprint density at radius 1 is 1.53 bits per heavy atom. The van der Waals surface area contributed by atoms with E-state index in [0.29, 0.717) is 10.6 Å². The van der Waals surface area contributed by atoms with Crippen LogP contribution in [0.3, 0.4) is 0 Å². The maximum absolute atomic E-state index is 12.0. The Bertz CT molecular complexity index is 517. The summed E-state index contributed by atoms with van der Waals surface area (Å²) in [5.74, 6) is 0. The van der Waals surface area contributed by atoms with Gasteiger partial charge in [-0.05, 0) is 31.5 Å². The molecule has 0 aliphatic rings. The molecule has 1 aromatic carbocycles. The number of hydrogen-bond acceptors (Lipinski definition) is 4. The van der Waals surface area contributed by atoms with Gasteiger partial charge in [-0.15, -0.1) is 0 Å². The average molecular weight is 279 g/mol. The molecule has 17 heavy (non-hydrogen) atoms. The van der Waals surface area contributed by atoms with Crippen LogP contribution in [0.5, 0.6) is 0 Å². The second-order valence-corrected chi connectivity index (χ2v) is 5.93. The van der Waals surface area contributed by atoms with Gasteiger partial charge in [-0.1, -0.05) is 11.6 Å². The van der Waals surface area contributed by atoms with Crippen LogP contribution < -0.4 is 10.5 Å². The van der Waals surface area contributed by atoms with Gasteiger partial charge < -0.3 is 10.8 Å². The molecule has 5 nitrogen and oxygen atoms in total. The molecule has 1 aromatic rings. The van der Waals surface area contributed by atoms with Gasteiger partial charge in [0.25, 0.3) is 0 Å². The lowest BCUT2D eigenvalue weighted by Crippen LogP contribution is -2.35. The quantitative estimate of drug-likeness (QED) is 0.713. The molecule has 0 saturated heterocycles. The number of halogens is 1. The topological polar surface area (TPSA) is 92.4 Å². The number of aliphatic hydroxyl groups excluding tert-OH is 1. The Kier molecular flexibility index (Phi) is 4.37. The molecule has 0 bridgehead atoms. The van der Waals surface area contributed by atoms with E-state index in [1.54, 1.807) is 13.8 Å². The average Bonchev–Trinajstić information content (AvgIpc) is 2.22. The van der Waals surface area contributed by atoms with Crippen LogP contribution in [0.4, 0.5) is 5.69 Å². The van der Waals surface area contributed by atoms with Gasteiger partial charge in [0, 0.05) is 6.04 Å². The number of hydrogen-bond donors (Lipinski definition) is 3. The van der Waals surface area contributed by atoms with E-state index >= 15 is 0 Å². The molecule has 0 spiro atoms. The molecule has 0 aliphatic carbocycles. The molecule has 0 aromatic heterocycles. The van der Waals surface area contributed by atoms with Crippen LogP contribution in [0.2, 0.25) is 5.02 Å². The van der Waals surface area contributed by atoms with Crippen molar-refractivity contribution in [3.05, 3.63) is 22.7 Å². The molecular weight excluding hydrogens is 264 g/mol. The highest BCUT2D eigenvalue weighted by Gasteiger charge is 2.20. The monoisotopic (exact) mass is 278 g/mol. The Morgan fingerprint density at radius 2 is 2.12 bits per heavy atom. The molecule has 1 atom stereocenters. The lowest BCUT2D eigenvalue weighted by Gasteiger charge is -2.14. The Morgan fingerprint density at radius 3 is 2.65 bits per heavy atom. The first-order valence-corrected chi connectivity index (χ1v) is 6.83. The predicted molar refractivity (Wildman–Crippen MR) is 67.5 cm³/mol. The van der Waals surface area contributed by atoms with E-state index in [1.165, 1.54) is 12.1 Å². The number of nitrogens with two attached hydrogens (primary N) is 1. The second kappa shape index (κ2) is 5.22. The summed E-state index contributed by atoms with van der Waals surface area (Å²) >= 11 is 5.79. The minimum absolute atomic E-state index is 0.0692. The minimum Gasteiger partial charge on any atom is -0.397 e. The number of aryl methyl sites for hydroxylation is 1. The van der Waals surface area contributed by atoms with Crippen molar-refractivity contribution in [1.29, 1.82) is 0 Å². The molecule has 96 valence electrons. The molecule has 4 N–H and O–H groups in total. The van der Waals surface area contributed by atoms with Gasteiger partial charge in [-0.3, -0.25) is 0 Å². The second-order valence-electron chi connectivity index (χ2n) is 3.84. The van der Waals surface area contributed by atoms with E-state index in [4.69, 9.17) is 22.4 Å². The van der Waals surface area contributed by atoms with Crippen LogP contribution in [0.1, 0.15) is 12.5 Å². The molecule has 0 heterocycles. The first-order chi connectivity index (χ1) is 7.77. The van der Waals surface area contributed by atoms with Crippen molar-refractivity contribution in [1.82, 2.24) is 4.72 Å². The first-order valence-electron chi connectivity index (χ1n) is 4.96. The van der Waals surface area contributed by atoms with E-state index in [9.17, 15) is 8.42 Å². The lowest BCUT2D eigenvalue weighted by atomic mass is 10.2. The Balaban J connectivity index is 3.20. The zero-order chi connectivity index (χ0) is 13.2. The lowest BCUT2D eigenvalue weighted by molar-refractivity contribution is 0.265. The summed E-state index contributed by atoms with van der Waals surface area (Å²) in [6, 6.07) is 2.25. The van der Waals surface area contributed by atoms with E-state index in [-0.39, 0.29) is 17.2 Å². The number of sulfonamides is 1. The maximum Gasteiger partial charge on any atom is 0.241 e. The fraction of sp³-hybridized carbons (Fsp3) is 0.400. The Hall–Kier alpha value is -0.820. The van der Waals surface area contributed by atoms with E-state index in [2.05, 4.69) is 4.72 Å². The zero-order valence-electron chi connectivity index (χ0n) is 9.57. The maximum atomic E-state index is 12.0. The summed E-state index contributed by atoms with van der Waals surface area (Å²) in [4.78, 5) is 0.0692. The van der Waals surface area contributed by atoms with Crippen molar-refractivity contribution in [2.24, 2.45) is 0 Å². The molecule has 0 unspecified atom stereocenters. The summed E-state index contributed by atoms with van der Waals surface area (Å²) in [7, 11) is -3.69. The number of benzene rings is 1. The Labute approximate surface area is 106 Å². The fourth-order valence-electron chi connectivity index (χ4n) is 1.32. The van der Waals surface area contributed by atoms with Gasteiger partial charge in [-0.2, -0.15) is 0 Å². The summed E-state index contributed by atoms with van der Waals surface area (Å²) in [6.45, 7) is 2.91. The molecule has 0 saturated carbocycles. The molecule has 7 heteroatoms. The highest BCUT2D eigenvalue weighted by Crippen LogP contribution is 2.26. The van der Waals surface area contributed by atoms with Gasteiger partial charge in [0.05, 0.1) is 22.2 Å². The standard InChI is InChI=1S/C10H15ClN2O3S/c1-6-3-8(11)9(12)4-10(6)17(15,16)13-7(2)5-14/h3-4,7,13-14H,5,12H2,1-2H3/t7-/m1/s1. The van der Waals surface area contributed by atoms with Gasteiger partial charge in [-0.25, -0.2) is 13.1 Å². The van der Waals surface area contributed by atoms with Crippen molar-refractivity contribution >= 4 is 27.3 Å². The zero-order valence-corrected chi connectivity index (χ0v) is 11.1. The number of aliphatic hydroxyl groups is 1. The molecule has 1 rings (SSSR count). The molecule has 0 amide bonds. The smallest absolute Gasteiger partial charge is 0.241 e. The summed E-state index contributed by atoms with van der Waals surface area (Å²) in [5.41, 5.74) is 6.28. The highest BCUT2D eigenvalue weighted by atomic mass is 35.5. The number of nitrogen functional groups attached to an aromatic ring is 1. The van der Waals surface area contributed by atoms with Crippen molar-refractivity contribution in [2.45, 2.75) is 24.8 Å². The molecule has 0 radical (unpaired) electrons. The van der Waals surface area contributed by atoms with Crippen LogP contribution in [0.15, 0.2) is 17.0 Å². The van der Waals surface area contributed by atoms with Crippen LogP contribution in [0, 0.1) is 6.92 Å². The van der Waals surface area contributed by atoms with Crippen molar-refractivity contribution < 1.29 is 13.5 Å². The van der Waals surface area contributed by atoms with Gasteiger partial charge in [0.15, 0.2) is 0 Å². The van der Waals surface area contributed by atoms with Gasteiger partial charge in [0.1, 0.15) is 0 Å². The largest absolute Gasteiger partial charge is 0.397 e. The SMILES string of the molecule is Cc1cc(Cl)c(N)cc1S(=O)(=O)N[C@H](C)CO. The molecule has 0 fully saturated rings. The molecular formula is C10H15ClN2O3S. The van der Waals surface area contributed by atoms with E-state index in [0.717, 1.165) is 0 Å². The van der Waals surface area contributed by atoms with E-state index < -0.39 is 16.1 Å². The van der Waals surface area contributed by atoms with Gasteiger partial charge >= 0.3 is 0 Å². The molecule has 0 aliphatic heterocycles. The van der Waals surface area contributed by atoms with Crippen LogP contribution in [-0.2, 0) is 10.0 Å². The normalized spacial score (nSPS) is 13.6. The van der Waals surface area contributed by atoms with Gasteiger partial charge in [0.2, 0.25) is 10.0 Å². The van der Waals surface area contributed by atoms with E-state index in [1.807, 2.05) is 0 Å². The summed E-state index contributed by atoms with van der Waals surface area (Å²) in [5, 5.41) is 9.16. The van der Waals surface area contributed by atoms with Crippen LogP contribution in [-0.4, -0.2) is 26.2 Å². The van der Waals surface area contributed by atoms with Crippen LogP contribution in [0.25, 0.3) is 0 Å². The third kappa shape index (κ3) is 3.32. The minimum atomic E-state index is -3.69. The van der Waals surface area contributed by atoms with Crippen molar-refractivity contribution in [2.75, 3.05) is 12.3 Å². The van der Waals surface area contributed by atoms with Crippen molar-refractivity contribution in [3.63, 3.8) is 0 Å². The third-order valence-corrected chi connectivity index (χ3v) is 4.27. The fourth-order valence-corrected chi connectivity index (χ4v) is 3.04. The highest BCUT2D eigenvalue weighted by molar-refractivity contribution is 7.89. The third-order valence-electron chi connectivity index (χ3n) is 2.21. The predicted octanol–water partition coefficient (Wildman–Crippen LogP) is 0.890. The van der Waals surface area contributed by atoms with Crippen molar-refractivity contribution in [3.8, 4) is 0 Å².